The molecule has 1 aliphatic heterocycles. The summed E-state index contributed by atoms with van der Waals surface area (Å²) in [4.78, 5) is 14.5. The number of carbonyl (C=O) groups is 1. The van der Waals surface area contributed by atoms with E-state index in [2.05, 4.69) is 22.5 Å². The van der Waals surface area contributed by atoms with Gasteiger partial charge in [-0.1, -0.05) is 30.3 Å². The fourth-order valence-corrected chi connectivity index (χ4v) is 3.42. The van der Waals surface area contributed by atoms with Gasteiger partial charge in [-0.2, -0.15) is 5.10 Å². The Morgan fingerprint density at radius 2 is 2.04 bits per heavy atom. The average Bonchev–Trinajstić information content (AvgIpc) is 3.32. The number of carbonyl (C=O) groups excluding carboxylic acids is 1. The molecule has 1 fully saturated rings. The van der Waals surface area contributed by atoms with Gasteiger partial charge in [0, 0.05) is 30.6 Å². The zero-order chi connectivity index (χ0) is 17.2. The van der Waals surface area contributed by atoms with Crippen LogP contribution in [0.2, 0.25) is 0 Å². The largest absolute Gasteiger partial charge is 0.337 e. The Kier molecular flexibility index (Phi) is 4.24. The summed E-state index contributed by atoms with van der Waals surface area (Å²) in [5.41, 5.74) is 3.00. The Bertz CT molecular complexity index is 878. The van der Waals surface area contributed by atoms with Gasteiger partial charge >= 0.3 is 0 Å². The van der Waals surface area contributed by atoms with Gasteiger partial charge in [0.15, 0.2) is 0 Å². The van der Waals surface area contributed by atoms with Crippen molar-refractivity contribution in [3.05, 3.63) is 65.9 Å². The maximum Gasteiger partial charge on any atom is 0.253 e. The summed E-state index contributed by atoms with van der Waals surface area (Å²) < 4.78 is 1.99. The normalized spacial score (nSPS) is 17.1. The van der Waals surface area contributed by atoms with E-state index in [1.165, 1.54) is 0 Å². The number of likely N-dealkylation sites (N-methyl/N-ethyl adjacent to an activating group) is 1. The van der Waals surface area contributed by atoms with Crippen LogP contribution in [-0.4, -0.2) is 46.8 Å². The first kappa shape index (κ1) is 15.8. The number of para-hydroxylation sites is 1. The molecule has 1 atom stereocenters. The lowest BCUT2D eigenvalue weighted by Crippen LogP contribution is -2.38. The monoisotopic (exact) mass is 334 g/mol. The van der Waals surface area contributed by atoms with E-state index in [9.17, 15) is 4.79 Å². The third kappa shape index (κ3) is 3.15. The molecule has 1 aromatic heterocycles. The quantitative estimate of drug-likeness (QED) is 0.798. The van der Waals surface area contributed by atoms with Crippen molar-refractivity contribution in [1.29, 1.82) is 0 Å². The molecule has 1 aliphatic rings. The number of amides is 1. The second kappa shape index (κ2) is 6.69. The number of hydrogen-bond acceptors (Lipinski definition) is 3. The molecule has 3 aromatic rings. The van der Waals surface area contributed by atoms with Gasteiger partial charge in [0.25, 0.3) is 5.91 Å². The molecule has 5 nitrogen and oxygen atoms in total. The molecule has 2 aromatic carbocycles. The molecule has 1 N–H and O–H groups in total. The number of nitrogens with one attached hydrogen (secondary N) is 1. The summed E-state index contributed by atoms with van der Waals surface area (Å²) in [5, 5.41) is 8.91. The minimum atomic E-state index is 0.0878. The summed E-state index contributed by atoms with van der Waals surface area (Å²) >= 11 is 0. The molecule has 0 spiro atoms. The van der Waals surface area contributed by atoms with Crippen molar-refractivity contribution in [2.45, 2.75) is 19.0 Å². The van der Waals surface area contributed by atoms with Gasteiger partial charge in [-0.05, 0) is 36.7 Å². The number of hydrogen-bond donors (Lipinski definition) is 1. The highest BCUT2D eigenvalue weighted by Gasteiger charge is 2.23. The predicted octanol–water partition coefficient (Wildman–Crippen LogP) is 2.52. The van der Waals surface area contributed by atoms with E-state index in [1.807, 2.05) is 59.2 Å². The van der Waals surface area contributed by atoms with Crippen LogP contribution >= 0.6 is 0 Å². The van der Waals surface area contributed by atoms with Crippen LogP contribution in [0.4, 0.5) is 0 Å². The third-order valence-corrected chi connectivity index (χ3v) is 4.99. The van der Waals surface area contributed by atoms with Crippen molar-refractivity contribution in [3.63, 3.8) is 0 Å². The lowest BCUT2D eigenvalue weighted by molar-refractivity contribution is 0.0744. The Hall–Kier alpha value is -2.66. The third-order valence-electron chi connectivity index (χ3n) is 4.99. The van der Waals surface area contributed by atoms with Crippen LogP contribution in [0.5, 0.6) is 0 Å². The SMILES string of the molecule is CN(C(=O)c1ccc(Cn2ncc3ccccc32)cc1)C1CCNC1. The number of aromatic nitrogens is 2. The molecule has 0 aliphatic carbocycles. The Balaban J connectivity index is 1.49. The minimum Gasteiger partial charge on any atom is -0.337 e. The highest BCUT2D eigenvalue weighted by Crippen LogP contribution is 2.16. The zero-order valence-electron chi connectivity index (χ0n) is 14.4. The van der Waals surface area contributed by atoms with Crippen LogP contribution in [0.3, 0.4) is 0 Å². The number of benzene rings is 2. The van der Waals surface area contributed by atoms with Gasteiger partial charge in [-0.25, -0.2) is 0 Å². The van der Waals surface area contributed by atoms with E-state index >= 15 is 0 Å². The lowest BCUT2D eigenvalue weighted by atomic mass is 10.1. The van der Waals surface area contributed by atoms with Crippen LogP contribution < -0.4 is 5.32 Å². The minimum absolute atomic E-state index is 0.0878. The summed E-state index contributed by atoms with van der Waals surface area (Å²) in [6, 6.07) is 16.3. The first-order chi connectivity index (χ1) is 12.2. The zero-order valence-corrected chi connectivity index (χ0v) is 14.4. The van der Waals surface area contributed by atoms with E-state index in [-0.39, 0.29) is 5.91 Å². The molecule has 5 heteroatoms. The van der Waals surface area contributed by atoms with Crippen LogP contribution in [-0.2, 0) is 6.54 Å². The molecular formula is C20H22N4O. The summed E-state index contributed by atoms with van der Waals surface area (Å²) in [6.45, 7) is 2.57. The summed E-state index contributed by atoms with van der Waals surface area (Å²) in [7, 11) is 1.89. The standard InChI is InChI=1S/C20H22N4O/c1-23(18-10-11-21-13-18)20(25)16-8-6-15(7-9-16)14-24-19-5-3-2-4-17(19)12-22-24/h2-9,12,18,21H,10-11,13-14H2,1H3. The molecule has 1 unspecified atom stereocenters. The first-order valence-electron chi connectivity index (χ1n) is 8.70. The average molecular weight is 334 g/mol. The maximum absolute atomic E-state index is 12.6. The van der Waals surface area contributed by atoms with Crippen LogP contribution in [0.25, 0.3) is 10.9 Å². The van der Waals surface area contributed by atoms with E-state index < -0.39 is 0 Å². The summed E-state index contributed by atoms with van der Waals surface area (Å²) in [6.07, 6.45) is 2.91. The fourth-order valence-electron chi connectivity index (χ4n) is 3.42. The molecule has 4 rings (SSSR count). The van der Waals surface area contributed by atoms with Gasteiger partial charge in [0.2, 0.25) is 0 Å². The van der Waals surface area contributed by atoms with Crippen molar-refractivity contribution in [1.82, 2.24) is 20.0 Å². The number of nitrogens with zero attached hydrogens (tertiary/aromatic N) is 3. The van der Waals surface area contributed by atoms with Gasteiger partial charge in [0.1, 0.15) is 0 Å². The lowest BCUT2D eigenvalue weighted by Gasteiger charge is -2.23. The van der Waals surface area contributed by atoms with E-state index in [4.69, 9.17) is 0 Å². The molecule has 0 radical (unpaired) electrons. The number of rotatable bonds is 4. The van der Waals surface area contributed by atoms with E-state index in [1.54, 1.807) is 0 Å². The highest BCUT2D eigenvalue weighted by atomic mass is 16.2. The highest BCUT2D eigenvalue weighted by molar-refractivity contribution is 5.94. The van der Waals surface area contributed by atoms with E-state index in [0.29, 0.717) is 12.6 Å². The second-order valence-electron chi connectivity index (χ2n) is 6.62. The number of fused-ring (bicyclic) bond motifs is 1. The molecule has 0 saturated carbocycles. The van der Waals surface area contributed by atoms with Crippen LogP contribution in [0.1, 0.15) is 22.3 Å². The smallest absolute Gasteiger partial charge is 0.253 e. The van der Waals surface area contributed by atoms with Gasteiger partial charge < -0.3 is 10.2 Å². The Labute approximate surface area is 147 Å². The second-order valence-corrected chi connectivity index (χ2v) is 6.62. The summed E-state index contributed by atoms with van der Waals surface area (Å²) in [5.74, 6) is 0.0878. The fraction of sp³-hybridized carbons (Fsp3) is 0.300. The van der Waals surface area contributed by atoms with E-state index in [0.717, 1.165) is 41.5 Å². The van der Waals surface area contributed by atoms with Crippen molar-refractivity contribution in [2.75, 3.05) is 20.1 Å². The molecule has 128 valence electrons. The van der Waals surface area contributed by atoms with Gasteiger partial charge in [0.05, 0.1) is 18.3 Å². The molecule has 1 amide bonds. The Morgan fingerprint density at radius 1 is 1.24 bits per heavy atom. The van der Waals surface area contributed by atoms with Crippen molar-refractivity contribution in [3.8, 4) is 0 Å². The Morgan fingerprint density at radius 3 is 2.80 bits per heavy atom. The van der Waals surface area contributed by atoms with Crippen molar-refractivity contribution < 1.29 is 4.79 Å². The molecule has 2 heterocycles. The topological polar surface area (TPSA) is 50.2 Å². The van der Waals surface area contributed by atoms with Crippen molar-refractivity contribution in [2.24, 2.45) is 0 Å². The van der Waals surface area contributed by atoms with Gasteiger partial charge in [-0.15, -0.1) is 0 Å². The van der Waals surface area contributed by atoms with Gasteiger partial charge in [-0.3, -0.25) is 9.48 Å². The van der Waals surface area contributed by atoms with Crippen LogP contribution in [0, 0.1) is 0 Å². The predicted molar refractivity (Wildman–Crippen MR) is 98.6 cm³/mol. The molecule has 0 bridgehead atoms. The molecular weight excluding hydrogens is 312 g/mol. The van der Waals surface area contributed by atoms with Crippen LogP contribution in [0.15, 0.2) is 54.7 Å². The van der Waals surface area contributed by atoms with Crippen molar-refractivity contribution >= 4 is 16.8 Å². The maximum atomic E-state index is 12.6. The molecule has 25 heavy (non-hydrogen) atoms. The molecule has 1 saturated heterocycles. The first-order valence-corrected chi connectivity index (χ1v) is 8.70.